The summed E-state index contributed by atoms with van der Waals surface area (Å²) >= 11 is 7.10. The van der Waals surface area contributed by atoms with E-state index in [1.54, 1.807) is 35.0 Å². The van der Waals surface area contributed by atoms with Crippen molar-refractivity contribution < 1.29 is 18.0 Å². The van der Waals surface area contributed by atoms with E-state index in [9.17, 15) is 18.0 Å². The van der Waals surface area contributed by atoms with Gasteiger partial charge in [0.1, 0.15) is 5.52 Å². The van der Waals surface area contributed by atoms with Gasteiger partial charge in [0.25, 0.3) is 5.91 Å². The van der Waals surface area contributed by atoms with Gasteiger partial charge >= 0.3 is 6.18 Å². The Bertz CT molecular complexity index is 1600. The molecule has 0 saturated carbocycles. The first-order valence-electron chi connectivity index (χ1n) is 10.8. The van der Waals surface area contributed by atoms with Gasteiger partial charge in [-0.25, -0.2) is 9.50 Å². The fourth-order valence-electron chi connectivity index (χ4n) is 3.51. The summed E-state index contributed by atoms with van der Waals surface area (Å²) < 4.78 is 41.6. The molecule has 5 rings (SSSR count). The summed E-state index contributed by atoms with van der Waals surface area (Å²) in [5.41, 5.74) is 0.366. The summed E-state index contributed by atoms with van der Waals surface area (Å²) in [6, 6.07) is 15.0. The van der Waals surface area contributed by atoms with E-state index < -0.39 is 23.2 Å². The minimum Gasteiger partial charge on any atom is -0.322 e. The van der Waals surface area contributed by atoms with E-state index >= 15 is 0 Å². The number of fused-ring (bicyclic) bond motifs is 1. The summed E-state index contributed by atoms with van der Waals surface area (Å²) in [6.45, 7) is 1.89. The summed E-state index contributed by atoms with van der Waals surface area (Å²) in [5, 5.41) is 17.7. The number of aryl methyl sites for hydroxylation is 1. The molecule has 13 heteroatoms. The van der Waals surface area contributed by atoms with Gasteiger partial charge in [0.05, 0.1) is 11.1 Å². The first-order valence-corrected chi connectivity index (χ1v) is 12.0. The van der Waals surface area contributed by atoms with E-state index in [-0.39, 0.29) is 5.02 Å². The van der Waals surface area contributed by atoms with Crippen LogP contribution >= 0.6 is 23.4 Å². The van der Waals surface area contributed by atoms with Crippen molar-refractivity contribution >= 4 is 52.1 Å². The third kappa shape index (κ3) is 5.54. The number of nitrogens with one attached hydrogen (secondary N) is 3. The SMILES string of the molecule is Cc1cc(Nc2nc(Sc3ccc(NC(=O)c4cc(Cl)ccc4C(F)(F)F)cc3)nn3cccc23)n[nH]1. The molecule has 0 spiro atoms. The Labute approximate surface area is 217 Å². The van der Waals surface area contributed by atoms with Crippen LogP contribution in [0.4, 0.5) is 30.5 Å². The molecule has 8 nitrogen and oxygen atoms in total. The van der Waals surface area contributed by atoms with Gasteiger partial charge in [0, 0.05) is 33.6 Å². The molecule has 188 valence electrons. The molecule has 0 saturated heterocycles. The topological polar surface area (TPSA) is 100 Å². The number of H-pyrrole nitrogens is 1. The molecular weight excluding hydrogens is 527 g/mol. The highest BCUT2D eigenvalue weighted by molar-refractivity contribution is 7.99. The van der Waals surface area contributed by atoms with Gasteiger partial charge in [-0.1, -0.05) is 11.6 Å². The van der Waals surface area contributed by atoms with Crippen LogP contribution in [0.15, 0.2) is 76.9 Å². The fraction of sp³-hybridized carbons (Fsp3) is 0.0833. The quantitative estimate of drug-likeness (QED) is 0.224. The number of aromatic amines is 1. The fourth-order valence-corrected chi connectivity index (χ4v) is 4.44. The zero-order chi connectivity index (χ0) is 26.2. The minimum atomic E-state index is -4.69. The molecule has 0 fully saturated rings. The first kappa shape index (κ1) is 24.7. The van der Waals surface area contributed by atoms with Crippen LogP contribution in [0.1, 0.15) is 21.6 Å². The lowest BCUT2D eigenvalue weighted by Gasteiger charge is -2.13. The molecule has 3 aromatic heterocycles. The van der Waals surface area contributed by atoms with Crippen LogP contribution in [0.3, 0.4) is 0 Å². The lowest BCUT2D eigenvalue weighted by atomic mass is 10.1. The number of carbonyl (C=O) groups is 1. The molecule has 0 aliphatic heterocycles. The predicted molar refractivity (Wildman–Crippen MR) is 135 cm³/mol. The second-order valence-electron chi connectivity index (χ2n) is 7.91. The smallest absolute Gasteiger partial charge is 0.322 e. The predicted octanol–water partition coefficient (Wildman–Crippen LogP) is 6.58. The lowest BCUT2D eigenvalue weighted by molar-refractivity contribution is -0.137. The number of nitrogens with zero attached hydrogens (tertiary/aromatic N) is 4. The Hall–Kier alpha value is -4.03. The third-order valence-electron chi connectivity index (χ3n) is 5.18. The van der Waals surface area contributed by atoms with E-state index in [0.717, 1.165) is 34.3 Å². The zero-order valence-corrected chi connectivity index (χ0v) is 20.5. The van der Waals surface area contributed by atoms with Gasteiger partial charge in [-0.3, -0.25) is 9.89 Å². The number of halogens is 4. The van der Waals surface area contributed by atoms with Crippen molar-refractivity contribution in [1.82, 2.24) is 24.8 Å². The summed E-state index contributed by atoms with van der Waals surface area (Å²) in [5.74, 6) is 0.268. The zero-order valence-electron chi connectivity index (χ0n) is 19.0. The summed E-state index contributed by atoms with van der Waals surface area (Å²) in [6.07, 6.45) is -2.89. The lowest BCUT2D eigenvalue weighted by Crippen LogP contribution is -2.18. The molecule has 2 aromatic carbocycles. The van der Waals surface area contributed by atoms with Crippen LogP contribution in [0.25, 0.3) is 5.52 Å². The Morgan fingerprint density at radius 2 is 1.89 bits per heavy atom. The number of amides is 1. The Balaban J connectivity index is 1.33. The molecule has 3 heterocycles. The van der Waals surface area contributed by atoms with Gasteiger partial charge in [0.2, 0.25) is 5.16 Å². The highest BCUT2D eigenvalue weighted by Crippen LogP contribution is 2.34. The van der Waals surface area contributed by atoms with Crippen molar-refractivity contribution in [3.8, 4) is 0 Å². The summed E-state index contributed by atoms with van der Waals surface area (Å²) in [7, 11) is 0. The van der Waals surface area contributed by atoms with Crippen LogP contribution in [-0.4, -0.2) is 30.7 Å². The van der Waals surface area contributed by atoms with Crippen LogP contribution in [0.2, 0.25) is 5.02 Å². The first-order chi connectivity index (χ1) is 17.7. The van der Waals surface area contributed by atoms with E-state index in [0.29, 0.717) is 22.5 Å². The van der Waals surface area contributed by atoms with E-state index in [2.05, 4.69) is 30.9 Å². The van der Waals surface area contributed by atoms with Crippen molar-refractivity contribution in [3.05, 3.63) is 88.7 Å². The Morgan fingerprint density at radius 3 is 2.59 bits per heavy atom. The van der Waals surface area contributed by atoms with Crippen LogP contribution in [-0.2, 0) is 6.18 Å². The molecule has 0 radical (unpaired) electrons. The number of hydrogen-bond acceptors (Lipinski definition) is 6. The molecule has 37 heavy (non-hydrogen) atoms. The highest BCUT2D eigenvalue weighted by Gasteiger charge is 2.35. The number of alkyl halides is 3. The largest absolute Gasteiger partial charge is 0.417 e. The molecule has 0 unspecified atom stereocenters. The van der Waals surface area contributed by atoms with Crippen molar-refractivity contribution in [3.63, 3.8) is 0 Å². The van der Waals surface area contributed by atoms with Gasteiger partial charge in [-0.2, -0.15) is 18.3 Å². The van der Waals surface area contributed by atoms with Crippen molar-refractivity contribution in [2.45, 2.75) is 23.2 Å². The summed E-state index contributed by atoms with van der Waals surface area (Å²) in [4.78, 5) is 17.9. The minimum absolute atomic E-state index is 0.0286. The van der Waals surface area contributed by atoms with Crippen LogP contribution < -0.4 is 10.6 Å². The second kappa shape index (κ2) is 9.79. The third-order valence-corrected chi connectivity index (χ3v) is 6.28. The maximum Gasteiger partial charge on any atom is 0.417 e. The van der Waals surface area contributed by atoms with Crippen molar-refractivity contribution in [1.29, 1.82) is 0 Å². The monoisotopic (exact) mass is 543 g/mol. The van der Waals surface area contributed by atoms with Gasteiger partial charge < -0.3 is 10.6 Å². The van der Waals surface area contributed by atoms with Gasteiger partial charge in [0.15, 0.2) is 11.6 Å². The van der Waals surface area contributed by atoms with E-state index in [1.165, 1.54) is 11.8 Å². The number of aromatic nitrogens is 5. The number of hydrogen-bond donors (Lipinski definition) is 3. The van der Waals surface area contributed by atoms with Crippen LogP contribution in [0.5, 0.6) is 0 Å². The van der Waals surface area contributed by atoms with Crippen molar-refractivity contribution in [2.75, 3.05) is 10.6 Å². The van der Waals surface area contributed by atoms with E-state index in [1.807, 2.05) is 25.1 Å². The molecule has 5 aromatic rings. The Kier molecular flexibility index (Phi) is 6.52. The second-order valence-corrected chi connectivity index (χ2v) is 9.39. The molecule has 3 N–H and O–H groups in total. The van der Waals surface area contributed by atoms with Gasteiger partial charge in [-0.15, -0.1) is 5.10 Å². The van der Waals surface area contributed by atoms with Gasteiger partial charge in [-0.05, 0) is 73.3 Å². The molecule has 0 aliphatic carbocycles. The molecule has 0 atom stereocenters. The van der Waals surface area contributed by atoms with E-state index in [4.69, 9.17) is 11.6 Å². The molecule has 1 amide bonds. The Morgan fingerprint density at radius 1 is 1.11 bits per heavy atom. The highest BCUT2D eigenvalue weighted by atomic mass is 35.5. The molecular formula is C24H17ClF3N7OS. The number of rotatable bonds is 6. The molecule has 0 aliphatic rings. The number of carbonyl (C=O) groups excluding carboxylic acids is 1. The normalized spacial score (nSPS) is 11.6. The standard InChI is InChI=1S/C24H17ClF3N7OS/c1-13-11-20(33-32-13)30-21-19-3-2-10-35(19)34-23(31-21)37-16-7-5-15(6-8-16)29-22(36)17-12-14(25)4-9-18(17)24(26,27)28/h2-12H,1H3,(H,29,36)(H2,30,31,32,33,34). The maximum absolute atomic E-state index is 13.3. The average molecular weight is 544 g/mol. The van der Waals surface area contributed by atoms with Crippen LogP contribution in [0, 0.1) is 6.92 Å². The molecule has 0 bridgehead atoms. The maximum atomic E-state index is 13.3. The van der Waals surface area contributed by atoms with Crippen molar-refractivity contribution in [2.24, 2.45) is 0 Å². The number of benzene rings is 2. The average Bonchev–Trinajstić information content (AvgIpc) is 3.48. The number of anilines is 3.